The van der Waals surface area contributed by atoms with Crippen molar-refractivity contribution in [1.82, 2.24) is 5.32 Å². The Morgan fingerprint density at radius 2 is 2.33 bits per heavy atom. The third-order valence-electron chi connectivity index (χ3n) is 3.05. The van der Waals surface area contributed by atoms with Crippen LogP contribution < -0.4 is 5.32 Å². The van der Waals surface area contributed by atoms with Crippen molar-refractivity contribution in [3.63, 3.8) is 0 Å². The molecule has 1 fully saturated rings. The molecule has 0 spiro atoms. The number of thiophene rings is 1. The topological polar surface area (TPSA) is 12.0 Å². The monoisotopic (exact) mass is 287 g/mol. The maximum absolute atomic E-state index is 3.56. The van der Waals surface area contributed by atoms with Gasteiger partial charge in [-0.1, -0.05) is 6.92 Å². The van der Waals surface area contributed by atoms with E-state index in [1.54, 1.807) is 0 Å². The Balaban J connectivity index is 1.83. The Kier molecular flexibility index (Phi) is 3.86. The van der Waals surface area contributed by atoms with Gasteiger partial charge in [0.1, 0.15) is 0 Å². The average molecular weight is 288 g/mol. The van der Waals surface area contributed by atoms with Gasteiger partial charge in [-0.2, -0.15) is 0 Å². The standard InChI is InChI=1S/C12H18BrNS/c1-2-5-14-9-12(3-4-12)7-11-6-10(13)8-15-11/h6,8,14H,2-5,7,9H2,1H3. The first kappa shape index (κ1) is 11.6. The molecule has 2 rings (SSSR count). The molecule has 1 heterocycles. The molecular formula is C12H18BrNS. The molecule has 15 heavy (non-hydrogen) atoms. The molecule has 1 nitrogen and oxygen atoms in total. The highest BCUT2D eigenvalue weighted by Gasteiger charge is 2.42. The van der Waals surface area contributed by atoms with Crippen LogP contribution in [-0.4, -0.2) is 13.1 Å². The van der Waals surface area contributed by atoms with E-state index in [4.69, 9.17) is 0 Å². The van der Waals surface area contributed by atoms with Crippen LogP contribution in [0.25, 0.3) is 0 Å². The second kappa shape index (κ2) is 4.98. The van der Waals surface area contributed by atoms with Gasteiger partial charge in [-0.15, -0.1) is 11.3 Å². The maximum Gasteiger partial charge on any atom is 0.0285 e. The third kappa shape index (κ3) is 3.30. The van der Waals surface area contributed by atoms with Gasteiger partial charge in [-0.05, 0) is 59.6 Å². The van der Waals surface area contributed by atoms with Gasteiger partial charge in [-0.3, -0.25) is 0 Å². The Morgan fingerprint density at radius 1 is 1.53 bits per heavy atom. The zero-order valence-corrected chi connectivity index (χ0v) is 11.6. The zero-order chi connectivity index (χ0) is 10.7. The Morgan fingerprint density at radius 3 is 2.87 bits per heavy atom. The summed E-state index contributed by atoms with van der Waals surface area (Å²) in [5.74, 6) is 0. The fourth-order valence-corrected chi connectivity index (χ4v) is 3.56. The van der Waals surface area contributed by atoms with Crippen molar-refractivity contribution in [3.05, 3.63) is 20.8 Å². The summed E-state index contributed by atoms with van der Waals surface area (Å²) in [5, 5.41) is 5.74. The normalized spacial score (nSPS) is 18.0. The quantitative estimate of drug-likeness (QED) is 0.784. The molecule has 0 atom stereocenters. The van der Waals surface area contributed by atoms with Crippen molar-refractivity contribution < 1.29 is 0 Å². The van der Waals surface area contributed by atoms with Crippen molar-refractivity contribution in [1.29, 1.82) is 0 Å². The summed E-state index contributed by atoms with van der Waals surface area (Å²) in [6.45, 7) is 4.59. The van der Waals surface area contributed by atoms with Crippen molar-refractivity contribution in [2.45, 2.75) is 32.6 Å². The van der Waals surface area contributed by atoms with Gasteiger partial charge in [0.2, 0.25) is 0 Å². The van der Waals surface area contributed by atoms with Crippen LogP contribution in [0.5, 0.6) is 0 Å². The molecule has 0 bridgehead atoms. The van der Waals surface area contributed by atoms with Gasteiger partial charge < -0.3 is 5.32 Å². The van der Waals surface area contributed by atoms with Crippen LogP contribution in [-0.2, 0) is 6.42 Å². The van der Waals surface area contributed by atoms with Gasteiger partial charge in [0.05, 0.1) is 0 Å². The van der Waals surface area contributed by atoms with E-state index < -0.39 is 0 Å². The van der Waals surface area contributed by atoms with Crippen LogP contribution in [0.15, 0.2) is 15.9 Å². The Hall–Kier alpha value is 0.140. The van der Waals surface area contributed by atoms with Crippen LogP contribution in [0, 0.1) is 5.41 Å². The van der Waals surface area contributed by atoms with Gasteiger partial charge in [0.15, 0.2) is 0 Å². The number of hydrogen-bond acceptors (Lipinski definition) is 2. The lowest BCUT2D eigenvalue weighted by Crippen LogP contribution is -2.25. The molecule has 0 aromatic carbocycles. The fourth-order valence-electron chi connectivity index (χ4n) is 1.94. The molecule has 1 aromatic rings. The van der Waals surface area contributed by atoms with Crippen molar-refractivity contribution in [2.75, 3.05) is 13.1 Å². The first-order valence-electron chi connectivity index (χ1n) is 5.68. The number of hydrogen-bond donors (Lipinski definition) is 1. The number of nitrogens with one attached hydrogen (secondary N) is 1. The minimum absolute atomic E-state index is 0.597. The molecule has 1 aromatic heterocycles. The lowest BCUT2D eigenvalue weighted by atomic mass is 10.0. The molecule has 3 heteroatoms. The molecule has 1 saturated carbocycles. The van der Waals surface area contributed by atoms with E-state index in [9.17, 15) is 0 Å². The first-order chi connectivity index (χ1) is 7.24. The van der Waals surface area contributed by atoms with Crippen molar-refractivity contribution in [2.24, 2.45) is 5.41 Å². The zero-order valence-electron chi connectivity index (χ0n) is 9.18. The average Bonchev–Trinajstić information content (AvgIpc) is 2.84. The minimum atomic E-state index is 0.597. The van der Waals surface area contributed by atoms with E-state index in [2.05, 4.69) is 39.6 Å². The molecule has 1 aliphatic rings. The summed E-state index contributed by atoms with van der Waals surface area (Å²) in [5.41, 5.74) is 0.597. The van der Waals surface area contributed by atoms with E-state index in [1.807, 2.05) is 11.3 Å². The minimum Gasteiger partial charge on any atom is -0.316 e. The van der Waals surface area contributed by atoms with Gasteiger partial charge in [0.25, 0.3) is 0 Å². The third-order valence-corrected chi connectivity index (χ3v) is 4.75. The molecule has 84 valence electrons. The van der Waals surface area contributed by atoms with Gasteiger partial charge >= 0.3 is 0 Å². The lowest BCUT2D eigenvalue weighted by Gasteiger charge is -2.14. The predicted molar refractivity (Wildman–Crippen MR) is 70.6 cm³/mol. The summed E-state index contributed by atoms with van der Waals surface area (Å²) < 4.78 is 1.24. The van der Waals surface area contributed by atoms with Crippen LogP contribution in [0.1, 0.15) is 31.1 Å². The second-order valence-corrected chi connectivity index (χ2v) is 6.50. The van der Waals surface area contributed by atoms with Crippen LogP contribution >= 0.6 is 27.3 Å². The largest absolute Gasteiger partial charge is 0.316 e. The second-order valence-electron chi connectivity index (χ2n) is 4.58. The summed E-state index contributed by atoms with van der Waals surface area (Å²) in [4.78, 5) is 1.53. The molecule has 0 saturated heterocycles. The molecule has 1 N–H and O–H groups in total. The van der Waals surface area contributed by atoms with Gasteiger partial charge in [0, 0.05) is 21.3 Å². The number of rotatable bonds is 6. The smallest absolute Gasteiger partial charge is 0.0285 e. The summed E-state index contributed by atoms with van der Waals surface area (Å²) >= 11 is 5.40. The SMILES string of the molecule is CCCNCC1(Cc2cc(Br)cs2)CC1. The maximum atomic E-state index is 3.56. The van der Waals surface area contributed by atoms with E-state index >= 15 is 0 Å². The van der Waals surface area contributed by atoms with Crippen LogP contribution in [0.3, 0.4) is 0 Å². The van der Waals surface area contributed by atoms with E-state index in [1.165, 1.54) is 41.6 Å². The Bertz CT molecular complexity index is 317. The van der Waals surface area contributed by atoms with E-state index in [0.717, 1.165) is 6.54 Å². The van der Waals surface area contributed by atoms with Crippen molar-refractivity contribution in [3.8, 4) is 0 Å². The Labute approximate surface area is 104 Å². The summed E-state index contributed by atoms with van der Waals surface area (Å²) in [6, 6.07) is 2.27. The first-order valence-corrected chi connectivity index (χ1v) is 7.35. The summed E-state index contributed by atoms with van der Waals surface area (Å²) in [6.07, 6.45) is 5.30. The molecule has 0 amide bonds. The van der Waals surface area contributed by atoms with E-state index in [-0.39, 0.29) is 0 Å². The van der Waals surface area contributed by atoms with E-state index in [0.29, 0.717) is 5.41 Å². The van der Waals surface area contributed by atoms with Crippen LogP contribution in [0.2, 0.25) is 0 Å². The molecule has 0 radical (unpaired) electrons. The van der Waals surface area contributed by atoms with Crippen LogP contribution in [0.4, 0.5) is 0 Å². The molecule has 1 aliphatic carbocycles. The fraction of sp³-hybridized carbons (Fsp3) is 0.667. The van der Waals surface area contributed by atoms with Gasteiger partial charge in [-0.25, -0.2) is 0 Å². The molecular weight excluding hydrogens is 270 g/mol. The number of halogens is 1. The molecule has 0 unspecified atom stereocenters. The highest BCUT2D eigenvalue weighted by atomic mass is 79.9. The predicted octanol–water partition coefficient (Wildman–Crippen LogP) is 3.83. The lowest BCUT2D eigenvalue weighted by molar-refractivity contribution is 0.458. The van der Waals surface area contributed by atoms with Crippen molar-refractivity contribution >= 4 is 27.3 Å². The highest BCUT2D eigenvalue weighted by Crippen LogP contribution is 2.48. The summed E-state index contributed by atoms with van der Waals surface area (Å²) in [7, 11) is 0. The molecule has 0 aliphatic heterocycles. The highest BCUT2D eigenvalue weighted by molar-refractivity contribution is 9.10.